The van der Waals surface area contributed by atoms with Gasteiger partial charge in [-0.1, -0.05) is 6.07 Å². The van der Waals surface area contributed by atoms with E-state index in [2.05, 4.69) is 15.3 Å². The minimum atomic E-state index is -0.912. The molecule has 3 rings (SSSR count). The Kier molecular flexibility index (Phi) is 4.38. The maximum absolute atomic E-state index is 10.8. The highest BCUT2D eigenvalue weighted by Gasteiger charge is 2.08. The van der Waals surface area contributed by atoms with Crippen LogP contribution in [0.25, 0.3) is 5.82 Å². The molecule has 0 saturated heterocycles. The van der Waals surface area contributed by atoms with Crippen molar-refractivity contribution < 1.29 is 14.8 Å². The van der Waals surface area contributed by atoms with Crippen LogP contribution in [-0.2, 0) is 11.2 Å². The quantitative estimate of drug-likeness (QED) is 0.522. The zero-order valence-corrected chi connectivity index (χ0v) is 12.9. The monoisotopic (exact) mass is 339 g/mol. The van der Waals surface area contributed by atoms with Gasteiger partial charge in [0, 0.05) is 30.2 Å². The molecule has 0 aliphatic heterocycles. The second-order valence-electron chi connectivity index (χ2n) is 5.19. The van der Waals surface area contributed by atoms with Crippen LogP contribution in [0.3, 0.4) is 0 Å². The number of hydrogen-bond donors (Lipinski definition) is 2. The predicted molar refractivity (Wildman–Crippen MR) is 89.1 cm³/mol. The van der Waals surface area contributed by atoms with E-state index < -0.39 is 10.9 Å². The molecule has 0 saturated carbocycles. The van der Waals surface area contributed by atoms with E-state index in [4.69, 9.17) is 5.11 Å². The summed E-state index contributed by atoms with van der Waals surface area (Å²) in [4.78, 5) is 29.6. The van der Waals surface area contributed by atoms with E-state index in [9.17, 15) is 14.9 Å². The zero-order chi connectivity index (χ0) is 17.8. The number of nitro benzene ring substituents is 1. The maximum atomic E-state index is 10.8. The molecule has 2 aromatic heterocycles. The van der Waals surface area contributed by atoms with E-state index in [0.717, 1.165) is 0 Å². The fourth-order valence-electron chi connectivity index (χ4n) is 2.25. The zero-order valence-electron chi connectivity index (χ0n) is 12.9. The predicted octanol–water partition coefficient (Wildman–Crippen LogP) is 2.55. The Morgan fingerprint density at radius 1 is 1.32 bits per heavy atom. The Balaban J connectivity index is 1.82. The Morgan fingerprint density at radius 2 is 2.16 bits per heavy atom. The molecule has 2 N–H and O–H groups in total. The molecule has 0 radical (unpaired) electrons. The highest BCUT2D eigenvalue weighted by atomic mass is 16.6. The van der Waals surface area contributed by atoms with Crippen LogP contribution >= 0.6 is 0 Å². The van der Waals surface area contributed by atoms with Gasteiger partial charge in [-0.2, -0.15) is 0 Å². The highest BCUT2D eigenvalue weighted by molar-refractivity contribution is 5.70. The van der Waals surface area contributed by atoms with Gasteiger partial charge in [0.05, 0.1) is 23.7 Å². The number of carboxylic acids is 1. The topological polar surface area (TPSA) is 123 Å². The maximum Gasteiger partial charge on any atom is 0.307 e. The number of nitrogens with one attached hydrogen (secondary N) is 1. The van der Waals surface area contributed by atoms with Crippen LogP contribution < -0.4 is 5.32 Å². The first-order chi connectivity index (χ1) is 12.0. The molecule has 0 spiro atoms. The Labute approximate surface area is 141 Å². The van der Waals surface area contributed by atoms with Gasteiger partial charge in [0.1, 0.15) is 0 Å². The number of nitro groups is 1. The molecule has 126 valence electrons. The molecule has 9 heteroatoms. The lowest BCUT2D eigenvalue weighted by Gasteiger charge is -2.07. The number of anilines is 2. The average Bonchev–Trinajstić information content (AvgIpc) is 3.03. The number of carbonyl (C=O) groups is 1. The summed E-state index contributed by atoms with van der Waals surface area (Å²) in [6, 6.07) is 7.74. The van der Waals surface area contributed by atoms with Gasteiger partial charge in [0.2, 0.25) is 0 Å². The summed E-state index contributed by atoms with van der Waals surface area (Å²) in [5.41, 5.74) is 1.13. The van der Waals surface area contributed by atoms with Crippen molar-refractivity contribution in [1.82, 2.24) is 14.5 Å². The number of nitrogens with zero attached hydrogens (tertiary/aromatic N) is 4. The molecule has 1 aromatic carbocycles. The molecule has 0 atom stereocenters. The van der Waals surface area contributed by atoms with Gasteiger partial charge in [-0.05, 0) is 17.7 Å². The molecule has 0 aliphatic carbocycles. The molecule has 0 unspecified atom stereocenters. The van der Waals surface area contributed by atoms with Crippen LogP contribution in [0.15, 0.2) is 55.1 Å². The van der Waals surface area contributed by atoms with Gasteiger partial charge in [-0.15, -0.1) is 0 Å². The van der Waals surface area contributed by atoms with Crippen LogP contribution in [0, 0.1) is 10.1 Å². The molecule has 25 heavy (non-hydrogen) atoms. The summed E-state index contributed by atoms with van der Waals surface area (Å²) in [6.45, 7) is 0. The van der Waals surface area contributed by atoms with Crippen molar-refractivity contribution in [3.63, 3.8) is 0 Å². The van der Waals surface area contributed by atoms with Gasteiger partial charge in [-0.25, -0.2) is 4.98 Å². The Morgan fingerprint density at radius 3 is 2.92 bits per heavy atom. The molecule has 9 nitrogen and oxygen atoms in total. The van der Waals surface area contributed by atoms with E-state index in [1.54, 1.807) is 35.2 Å². The standard InChI is InChI=1S/C16H13N5O4/c22-16(23)6-11-4-5-20(10-11)15-9-17-8-14(19-15)18-12-2-1-3-13(7-12)21(24)25/h1-5,7-10H,6H2,(H,18,19)(H,22,23). The molecule has 0 amide bonds. The lowest BCUT2D eigenvalue weighted by Crippen LogP contribution is -2.01. The van der Waals surface area contributed by atoms with Gasteiger partial charge in [0.25, 0.3) is 5.69 Å². The van der Waals surface area contributed by atoms with Crippen molar-refractivity contribution in [3.8, 4) is 5.82 Å². The third-order valence-electron chi connectivity index (χ3n) is 3.33. The van der Waals surface area contributed by atoms with Crippen molar-refractivity contribution in [2.24, 2.45) is 0 Å². The van der Waals surface area contributed by atoms with Gasteiger partial charge in [0.15, 0.2) is 11.6 Å². The average molecular weight is 339 g/mol. The van der Waals surface area contributed by atoms with E-state index >= 15 is 0 Å². The van der Waals surface area contributed by atoms with Gasteiger partial charge >= 0.3 is 5.97 Å². The molecule has 3 aromatic rings. The minimum Gasteiger partial charge on any atom is -0.481 e. The first-order valence-corrected chi connectivity index (χ1v) is 7.24. The van der Waals surface area contributed by atoms with Crippen molar-refractivity contribution in [2.45, 2.75) is 6.42 Å². The number of rotatable bonds is 6. The van der Waals surface area contributed by atoms with E-state index in [0.29, 0.717) is 22.9 Å². The Bertz CT molecular complexity index is 938. The third kappa shape index (κ3) is 3.96. The lowest BCUT2D eigenvalue weighted by atomic mass is 10.2. The van der Waals surface area contributed by atoms with Crippen LogP contribution in [0.5, 0.6) is 0 Å². The summed E-state index contributed by atoms with van der Waals surface area (Å²) in [5, 5.41) is 22.6. The molecule has 0 fully saturated rings. The number of non-ortho nitro benzene ring substituents is 1. The van der Waals surface area contributed by atoms with Crippen molar-refractivity contribution in [1.29, 1.82) is 0 Å². The first-order valence-electron chi connectivity index (χ1n) is 7.24. The highest BCUT2D eigenvalue weighted by Crippen LogP contribution is 2.20. The van der Waals surface area contributed by atoms with E-state index in [1.165, 1.54) is 24.5 Å². The Hall–Kier alpha value is -3.75. The summed E-state index contributed by atoms with van der Waals surface area (Å²) in [5.74, 6) is -0.0107. The number of aliphatic carboxylic acids is 1. The molecular weight excluding hydrogens is 326 g/mol. The number of aromatic nitrogens is 3. The lowest BCUT2D eigenvalue weighted by molar-refractivity contribution is -0.384. The van der Waals surface area contributed by atoms with Crippen LogP contribution in [0.1, 0.15) is 5.56 Å². The number of benzene rings is 1. The van der Waals surface area contributed by atoms with Gasteiger partial charge in [-0.3, -0.25) is 19.9 Å². The fourth-order valence-corrected chi connectivity index (χ4v) is 2.25. The summed E-state index contributed by atoms with van der Waals surface area (Å²) in [6.07, 6.45) is 6.30. The molecule has 0 bridgehead atoms. The minimum absolute atomic E-state index is 0.0298. The summed E-state index contributed by atoms with van der Waals surface area (Å²) < 4.78 is 1.66. The second-order valence-corrected chi connectivity index (χ2v) is 5.19. The van der Waals surface area contributed by atoms with E-state index in [-0.39, 0.29) is 12.1 Å². The third-order valence-corrected chi connectivity index (χ3v) is 3.33. The first kappa shape index (κ1) is 16.1. The summed E-state index contributed by atoms with van der Waals surface area (Å²) in [7, 11) is 0. The van der Waals surface area contributed by atoms with Crippen LogP contribution in [0.2, 0.25) is 0 Å². The second kappa shape index (κ2) is 6.79. The van der Waals surface area contributed by atoms with Crippen LogP contribution in [0.4, 0.5) is 17.2 Å². The van der Waals surface area contributed by atoms with Crippen molar-refractivity contribution >= 4 is 23.2 Å². The largest absolute Gasteiger partial charge is 0.481 e. The molecule has 2 heterocycles. The van der Waals surface area contributed by atoms with Gasteiger partial charge < -0.3 is 15.0 Å². The van der Waals surface area contributed by atoms with Crippen molar-refractivity contribution in [2.75, 3.05) is 5.32 Å². The number of hydrogen-bond acceptors (Lipinski definition) is 6. The number of carboxylic acid groups (broad SMARTS) is 1. The van der Waals surface area contributed by atoms with Crippen LogP contribution in [-0.4, -0.2) is 30.5 Å². The smallest absolute Gasteiger partial charge is 0.307 e. The normalized spacial score (nSPS) is 10.4. The molecular formula is C16H13N5O4. The SMILES string of the molecule is O=C(O)Cc1ccn(-c2cncc(Nc3cccc([N+](=O)[O-])c3)n2)c1. The molecule has 0 aliphatic rings. The van der Waals surface area contributed by atoms with E-state index in [1.807, 2.05) is 0 Å². The fraction of sp³-hybridized carbons (Fsp3) is 0.0625. The van der Waals surface area contributed by atoms with Crippen molar-refractivity contribution in [3.05, 3.63) is 70.8 Å². The summed E-state index contributed by atoms with van der Waals surface area (Å²) >= 11 is 0.